The smallest absolute Gasteiger partial charge is 0.239 e. The van der Waals surface area contributed by atoms with Gasteiger partial charge < -0.3 is 14.8 Å². The molecule has 1 aromatic heterocycles. The molecule has 0 radical (unpaired) electrons. The first-order chi connectivity index (χ1) is 12.1. The van der Waals surface area contributed by atoms with Gasteiger partial charge in [0, 0.05) is 43.6 Å². The minimum atomic E-state index is -0.578. The summed E-state index contributed by atoms with van der Waals surface area (Å²) in [6, 6.07) is 7.92. The summed E-state index contributed by atoms with van der Waals surface area (Å²) >= 11 is 0. The molecule has 2 atom stereocenters. The Bertz CT molecular complexity index is 796. The lowest BCUT2D eigenvalue weighted by molar-refractivity contribution is -0.132. The number of carbonyl (C=O) groups is 2. The van der Waals surface area contributed by atoms with Crippen molar-refractivity contribution in [2.45, 2.75) is 38.8 Å². The fraction of sp³-hybridized carbons (Fsp3) is 0.421. The molecule has 2 amide bonds. The van der Waals surface area contributed by atoms with E-state index in [2.05, 4.69) is 14.9 Å². The van der Waals surface area contributed by atoms with E-state index in [0.717, 1.165) is 36.5 Å². The van der Waals surface area contributed by atoms with Gasteiger partial charge in [-0.15, -0.1) is 0 Å². The summed E-state index contributed by atoms with van der Waals surface area (Å²) in [4.78, 5) is 31.3. The number of nitrogens with zero attached hydrogens (tertiary/aromatic N) is 3. The lowest BCUT2D eigenvalue weighted by Gasteiger charge is -2.25. The zero-order chi connectivity index (χ0) is 17.4. The van der Waals surface area contributed by atoms with E-state index in [1.807, 2.05) is 37.4 Å². The summed E-state index contributed by atoms with van der Waals surface area (Å²) in [6.07, 6.45) is 6.02. The number of carbonyl (C=O) groups excluding carboxylic acids is 2. The maximum absolute atomic E-state index is 12.7. The van der Waals surface area contributed by atoms with Crippen LogP contribution in [0.15, 0.2) is 36.7 Å². The number of rotatable bonds is 3. The Kier molecular flexibility index (Phi) is 4.03. The molecule has 0 bridgehead atoms. The van der Waals surface area contributed by atoms with E-state index in [9.17, 15) is 9.59 Å². The molecule has 2 aliphatic heterocycles. The standard InChI is InChI=1S/C19H22N4O2/c1-13-2-5-15(6-3-13)23-10-8-16(19(23)25)18(24)21-14-4-7-17-20-9-11-22(17)12-14/h2-3,5-6,9,11,14,16H,4,7-8,10,12H2,1H3,(H,21,24). The van der Waals surface area contributed by atoms with Gasteiger partial charge in [0.25, 0.3) is 0 Å². The predicted molar refractivity (Wildman–Crippen MR) is 94.1 cm³/mol. The van der Waals surface area contributed by atoms with Crippen molar-refractivity contribution < 1.29 is 9.59 Å². The number of amides is 2. The zero-order valence-corrected chi connectivity index (χ0v) is 14.3. The third-order valence-electron chi connectivity index (χ3n) is 5.15. The van der Waals surface area contributed by atoms with Gasteiger partial charge in [0.1, 0.15) is 11.7 Å². The zero-order valence-electron chi connectivity index (χ0n) is 14.3. The van der Waals surface area contributed by atoms with E-state index in [1.54, 1.807) is 11.1 Å². The molecule has 0 spiro atoms. The van der Waals surface area contributed by atoms with Crippen LogP contribution < -0.4 is 10.2 Å². The molecule has 1 aromatic carbocycles. The van der Waals surface area contributed by atoms with E-state index >= 15 is 0 Å². The Balaban J connectivity index is 1.40. The molecule has 0 saturated carbocycles. The van der Waals surface area contributed by atoms with Crippen LogP contribution in [0.1, 0.15) is 24.2 Å². The molecule has 130 valence electrons. The average molecular weight is 338 g/mol. The van der Waals surface area contributed by atoms with Gasteiger partial charge in [-0.3, -0.25) is 9.59 Å². The summed E-state index contributed by atoms with van der Waals surface area (Å²) in [6.45, 7) is 3.33. The molecule has 6 nitrogen and oxygen atoms in total. The molecular formula is C19H22N4O2. The van der Waals surface area contributed by atoms with Gasteiger partial charge in [0.05, 0.1) is 0 Å². The largest absolute Gasteiger partial charge is 0.351 e. The summed E-state index contributed by atoms with van der Waals surface area (Å²) in [5.41, 5.74) is 2.02. The number of imidazole rings is 1. The molecule has 1 saturated heterocycles. The third kappa shape index (κ3) is 3.04. The number of benzene rings is 1. The van der Waals surface area contributed by atoms with Crippen LogP contribution in [0.3, 0.4) is 0 Å². The van der Waals surface area contributed by atoms with Gasteiger partial charge in [-0.05, 0) is 31.9 Å². The first-order valence-electron chi connectivity index (χ1n) is 8.80. The Hall–Kier alpha value is -2.63. The van der Waals surface area contributed by atoms with Crippen molar-refractivity contribution in [2.75, 3.05) is 11.4 Å². The fourth-order valence-electron chi connectivity index (χ4n) is 3.69. The minimum Gasteiger partial charge on any atom is -0.351 e. The summed E-state index contributed by atoms with van der Waals surface area (Å²) in [7, 11) is 0. The van der Waals surface area contributed by atoms with E-state index < -0.39 is 5.92 Å². The molecule has 0 aliphatic carbocycles. The summed E-state index contributed by atoms with van der Waals surface area (Å²) in [5, 5.41) is 3.07. The van der Waals surface area contributed by atoms with E-state index in [0.29, 0.717) is 13.0 Å². The minimum absolute atomic E-state index is 0.0652. The molecule has 25 heavy (non-hydrogen) atoms. The molecule has 2 unspecified atom stereocenters. The number of anilines is 1. The first kappa shape index (κ1) is 15.9. The van der Waals surface area contributed by atoms with Crippen LogP contribution in [-0.4, -0.2) is 34.0 Å². The van der Waals surface area contributed by atoms with Gasteiger partial charge in [0.15, 0.2) is 0 Å². The van der Waals surface area contributed by atoms with Crippen LogP contribution in [0.5, 0.6) is 0 Å². The van der Waals surface area contributed by atoms with Gasteiger partial charge in [0.2, 0.25) is 11.8 Å². The second-order valence-corrected chi connectivity index (χ2v) is 6.91. The SMILES string of the molecule is Cc1ccc(N2CCC(C(=O)NC3CCc4nccn4C3)C2=O)cc1. The predicted octanol–water partition coefficient (Wildman–Crippen LogP) is 1.68. The van der Waals surface area contributed by atoms with Gasteiger partial charge in [-0.2, -0.15) is 0 Å². The summed E-state index contributed by atoms with van der Waals surface area (Å²) < 4.78 is 2.07. The van der Waals surface area contributed by atoms with Crippen molar-refractivity contribution in [3.63, 3.8) is 0 Å². The highest BCUT2D eigenvalue weighted by atomic mass is 16.2. The van der Waals surface area contributed by atoms with Crippen LogP contribution in [0.4, 0.5) is 5.69 Å². The number of aromatic nitrogens is 2. The van der Waals surface area contributed by atoms with Crippen molar-refractivity contribution in [3.05, 3.63) is 48.0 Å². The van der Waals surface area contributed by atoms with Crippen molar-refractivity contribution in [2.24, 2.45) is 5.92 Å². The lowest BCUT2D eigenvalue weighted by Crippen LogP contribution is -2.45. The number of fused-ring (bicyclic) bond motifs is 1. The molecule has 2 aromatic rings. The van der Waals surface area contributed by atoms with E-state index in [4.69, 9.17) is 0 Å². The number of nitrogens with one attached hydrogen (secondary N) is 1. The first-order valence-corrected chi connectivity index (χ1v) is 8.80. The number of hydrogen-bond acceptors (Lipinski definition) is 3. The van der Waals surface area contributed by atoms with Crippen LogP contribution in [-0.2, 0) is 22.6 Å². The van der Waals surface area contributed by atoms with E-state index in [1.165, 1.54) is 0 Å². The maximum Gasteiger partial charge on any atom is 0.239 e. The topological polar surface area (TPSA) is 67.2 Å². The third-order valence-corrected chi connectivity index (χ3v) is 5.15. The summed E-state index contributed by atoms with van der Waals surface area (Å²) in [5.74, 6) is 0.243. The molecule has 6 heteroatoms. The Morgan fingerprint density at radius 2 is 2.04 bits per heavy atom. The number of aryl methyl sites for hydroxylation is 2. The van der Waals surface area contributed by atoms with Crippen molar-refractivity contribution in [1.82, 2.24) is 14.9 Å². The quantitative estimate of drug-likeness (QED) is 0.866. The van der Waals surface area contributed by atoms with Crippen molar-refractivity contribution >= 4 is 17.5 Å². The average Bonchev–Trinajstić information content (AvgIpc) is 3.21. The normalized spacial score (nSPS) is 22.8. The Morgan fingerprint density at radius 3 is 2.84 bits per heavy atom. The highest BCUT2D eigenvalue weighted by Crippen LogP contribution is 2.26. The molecule has 4 rings (SSSR count). The van der Waals surface area contributed by atoms with Crippen molar-refractivity contribution in [1.29, 1.82) is 0 Å². The van der Waals surface area contributed by atoms with Crippen LogP contribution >= 0.6 is 0 Å². The van der Waals surface area contributed by atoms with Gasteiger partial charge in [-0.1, -0.05) is 17.7 Å². The van der Waals surface area contributed by atoms with Gasteiger partial charge >= 0.3 is 0 Å². The molecule has 1 fully saturated rings. The fourth-order valence-corrected chi connectivity index (χ4v) is 3.69. The maximum atomic E-state index is 12.7. The van der Waals surface area contributed by atoms with Crippen LogP contribution in [0.25, 0.3) is 0 Å². The monoisotopic (exact) mass is 338 g/mol. The molecular weight excluding hydrogens is 316 g/mol. The highest BCUT2D eigenvalue weighted by molar-refractivity contribution is 6.09. The van der Waals surface area contributed by atoms with Crippen LogP contribution in [0.2, 0.25) is 0 Å². The van der Waals surface area contributed by atoms with E-state index in [-0.39, 0.29) is 17.9 Å². The highest BCUT2D eigenvalue weighted by Gasteiger charge is 2.38. The Morgan fingerprint density at radius 1 is 1.24 bits per heavy atom. The molecule has 2 aliphatic rings. The van der Waals surface area contributed by atoms with Crippen LogP contribution in [0, 0.1) is 12.8 Å². The van der Waals surface area contributed by atoms with Gasteiger partial charge in [-0.25, -0.2) is 4.98 Å². The molecule has 1 N–H and O–H groups in total. The Labute approximate surface area is 146 Å². The number of hydrogen-bond donors (Lipinski definition) is 1. The second kappa shape index (κ2) is 6.35. The molecule has 3 heterocycles. The second-order valence-electron chi connectivity index (χ2n) is 6.91. The lowest BCUT2D eigenvalue weighted by atomic mass is 10.0. The van der Waals surface area contributed by atoms with Crippen molar-refractivity contribution in [3.8, 4) is 0 Å².